The van der Waals surface area contributed by atoms with Crippen LogP contribution in [0.25, 0.3) is 0 Å². The van der Waals surface area contributed by atoms with E-state index in [0.29, 0.717) is 0 Å². The van der Waals surface area contributed by atoms with Gasteiger partial charge in [0.2, 0.25) is 0 Å². The second-order valence-electron chi connectivity index (χ2n) is 3.75. The normalized spacial score (nSPS) is 18.6. The first-order valence-corrected chi connectivity index (χ1v) is 5.72. The van der Waals surface area contributed by atoms with Gasteiger partial charge in [0.05, 0.1) is 5.41 Å². The Morgan fingerprint density at radius 1 is 1.29 bits per heavy atom. The minimum atomic E-state index is -0.676. The molecule has 1 saturated carbocycles. The highest BCUT2D eigenvalue weighted by atomic mass is 127. The Kier molecular flexibility index (Phi) is 2.51. The monoisotopic (exact) mass is 302 g/mol. The van der Waals surface area contributed by atoms with E-state index < -0.39 is 11.4 Å². The predicted molar refractivity (Wildman–Crippen MR) is 62.3 cm³/mol. The van der Waals surface area contributed by atoms with Crippen LogP contribution in [0.3, 0.4) is 0 Å². The first kappa shape index (κ1) is 9.96. The lowest BCUT2D eigenvalue weighted by molar-refractivity contribution is -0.147. The Bertz CT molecular complexity index is 352. The van der Waals surface area contributed by atoms with E-state index in [1.165, 1.54) is 0 Å². The van der Waals surface area contributed by atoms with Gasteiger partial charge < -0.3 is 5.11 Å². The molecule has 0 spiro atoms. The van der Waals surface area contributed by atoms with Crippen molar-refractivity contribution in [2.24, 2.45) is 0 Å². The van der Waals surface area contributed by atoms with E-state index in [-0.39, 0.29) is 0 Å². The van der Waals surface area contributed by atoms with Gasteiger partial charge in [-0.25, -0.2) is 0 Å². The van der Waals surface area contributed by atoms with Crippen molar-refractivity contribution in [3.63, 3.8) is 0 Å². The number of halogens is 1. The summed E-state index contributed by atoms with van der Waals surface area (Å²) in [5.74, 6) is -0.676. The lowest BCUT2D eigenvalue weighted by Gasteiger charge is -2.38. The van der Waals surface area contributed by atoms with Crippen LogP contribution in [0.1, 0.15) is 24.8 Å². The smallest absolute Gasteiger partial charge is 0.314 e. The van der Waals surface area contributed by atoms with Crippen molar-refractivity contribution in [3.8, 4) is 0 Å². The van der Waals surface area contributed by atoms with Gasteiger partial charge in [-0.05, 0) is 53.1 Å². The largest absolute Gasteiger partial charge is 0.481 e. The summed E-state index contributed by atoms with van der Waals surface area (Å²) in [6.07, 6.45) is 2.59. The number of hydrogen-bond acceptors (Lipinski definition) is 1. The summed E-state index contributed by atoms with van der Waals surface area (Å²) in [7, 11) is 0. The van der Waals surface area contributed by atoms with Crippen LogP contribution >= 0.6 is 22.6 Å². The van der Waals surface area contributed by atoms with Crippen molar-refractivity contribution in [2.45, 2.75) is 24.7 Å². The zero-order valence-electron chi connectivity index (χ0n) is 7.66. The minimum absolute atomic E-state index is 0.579. The van der Waals surface area contributed by atoms with Gasteiger partial charge in [0.15, 0.2) is 0 Å². The second kappa shape index (κ2) is 3.53. The fraction of sp³-hybridized carbons (Fsp3) is 0.364. The van der Waals surface area contributed by atoms with Crippen LogP contribution in [0.2, 0.25) is 0 Å². The molecule has 0 amide bonds. The Balaban J connectivity index is 2.37. The third-order valence-electron chi connectivity index (χ3n) is 3.01. The molecule has 0 saturated heterocycles. The van der Waals surface area contributed by atoms with Gasteiger partial charge in [0.1, 0.15) is 0 Å². The highest BCUT2D eigenvalue weighted by Gasteiger charge is 2.45. The third kappa shape index (κ3) is 1.43. The molecule has 1 aromatic carbocycles. The van der Waals surface area contributed by atoms with Crippen molar-refractivity contribution in [3.05, 3.63) is 33.4 Å². The Morgan fingerprint density at radius 3 is 2.21 bits per heavy atom. The Morgan fingerprint density at radius 2 is 1.86 bits per heavy atom. The van der Waals surface area contributed by atoms with Gasteiger partial charge in [-0.15, -0.1) is 0 Å². The number of benzene rings is 1. The van der Waals surface area contributed by atoms with Crippen molar-refractivity contribution >= 4 is 28.6 Å². The van der Waals surface area contributed by atoms with Crippen molar-refractivity contribution in [2.75, 3.05) is 0 Å². The molecule has 14 heavy (non-hydrogen) atoms. The maximum absolute atomic E-state index is 11.2. The van der Waals surface area contributed by atoms with E-state index in [9.17, 15) is 9.90 Å². The highest BCUT2D eigenvalue weighted by molar-refractivity contribution is 14.1. The summed E-state index contributed by atoms with van der Waals surface area (Å²) in [4.78, 5) is 11.2. The lowest BCUT2D eigenvalue weighted by atomic mass is 9.64. The van der Waals surface area contributed by atoms with E-state index in [1.807, 2.05) is 24.3 Å². The molecule has 1 aliphatic rings. The maximum atomic E-state index is 11.2. The molecule has 2 nitrogen and oxygen atoms in total. The summed E-state index contributed by atoms with van der Waals surface area (Å²) < 4.78 is 1.14. The highest BCUT2D eigenvalue weighted by Crippen LogP contribution is 2.43. The minimum Gasteiger partial charge on any atom is -0.481 e. The van der Waals surface area contributed by atoms with Crippen LogP contribution in [-0.4, -0.2) is 11.1 Å². The standard InChI is InChI=1S/C11H11IO2/c12-9-4-2-8(3-5-9)11(10(13)14)6-1-7-11/h2-5H,1,6-7H2,(H,13,14). The molecule has 1 N–H and O–H groups in total. The molecular weight excluding hydrogens is 291 g/mol. The summed E-state index contributed by atoms with van der Waals surface area (Å²) in [5, 5.41) is 9.20. The average Bonchev–Trinajstić information content (AvgIpc) is 2.05. The quantitative estimate of drug-likeness (QED) is 0.853. The zero-order valence-corrected chi connectivity index (χ0v) is 9.82. The van der Waals surface area contributed by atoms with Gasteiger partial charge in [-0.2, -0.15) is 0 Å². The van der Waals surface area contributed by atoms with Gasteiger partial charge in [-0.3, -0.25) is 4.79 Å². The number of carboxylic acid groups (broad SMARTS) is 1. The number of aliphatic carboxylic acids is 1. The van der Waals surface area contributed by atoms with E-state index in [2.05, 4.69) is 22.6 Å². The molecule has 0 radical (unpaired) electrons. The molecule has 0 unspecified atom stereocenters. The second-order valence-corrected chi connectivity index (χ2v) is 4.99. The lowest BCUT2D eigenvalue weighted by Crippen LogP contribution is -2.42. The maximum Gasteiger partial charge on any atom is 0.314 e. The Labute approximate surface area is 96.5 Å². The van der Waals surface area contributed by atoms with E-state index in [1.54, 1.807) is 0 Å². The van der Waals surface area contributed by atoms with Crippen LogP contribution < -0.4 is 0 Å². The molecule has 1 fully saturated rings. The zero-order chi connectivity index (χ0) is 10.2. The van der Waals surface area contributed by atoms with Crippen molar-refractivity contribution in [1.29, 1.82) is 0 Å². The van der Waals surface area contributed by atoms with Crippen LogP contribution in [0.15, 0.2) is 24.3 Å². The van der Waals surface area contributed by atoms with Crippen molar-refractivity contribution in [1.82, 2.24) is 0 Å². The topological polar surface area (TPSA) is 37.3 Å². The molecule has 0 heterocycles. The molecular formula is C11H11IO2. The fourth-order valence-electron chi connectivity index (χ4n) is 1.93. The summed E-state index contributed by atoms with van der Waals surface area (Å²) in [5.41, 5.74) is 0.376. The van der Waals surface area contributed by atoms with Crippen LogP contribution in [0, 0.1) is 3.57 Å². The van der Waals surface area contributed by atoms with E-state index in [0.717, 1.165) is 28.4 Å². The van der Waals surface area contributed by atoms with Gasteiger partial charge >= 0.3 is 5.97 Å². The number of carboxylic acids is 1. The van der Waals surface area contributed by atoms with Crippen LogP contribution in [0.5, 0.6) is 0 Å². The predicted octanol–water partition coefficient (Wildman–Crippen LogP) is 2.80. The molecule has 2 rings (SSSR count). The molecule has 0 bridgehead atoms. The molecule has 1 aromatic rings. The third-order valence-corrected chi connectivity index (χ3v) is 3.73. The van der Waals surface area contributed by atoms with E-state index in [4.69, 9.17) is 0 Å². The fourth-order valence-corrected chi connectivity index (χ4v) is 2.28. The van der Waals surface area contributed by atoms with Gasteiger partial charge in [0.25, 0.3) is 0 Å². The Hall–Kier alpha value is -0.580. The van der Waals surface area contributed by atoms with Crippen molar-refractivity contribution < 1.29 is 9.90 Å². The van der Waals surface area contributed by atoms with Gasteiger partial charge in [0, 0.05) is 3.57 Å². The molecule has 1 aliphatic carbocycles. The molecule has 0 aliphatic heterocycles. The van der Waals surface area contributed by atoms with Crippen LogP contribution in [-0.2, 0) is 10.2 Å². The summed E-state index contributed by atoms with van der Waals surface area (Å²) in [6.45, 7) is 0. The first-order valence-electron chi connectivity index (χ1n) is 4.65. The molecule has 0 aromatic heterocycles. The van der Waals surface area contributed by atoms with Crippen LogP contribution in [0.4, 0.5) is 0 Å². The number of carbonyl (C=O) groups is 1. The number of hydrogen-bond donors (Lipinski definition) is 1. The van der Waals surface area contributed by atoms with Gasteiger partial charge in [-0.1, -0.05) is 18.6 Å². The summed E-state index contributed by atoms with van der Waals surface area (Å²) >= 11 is 2.22. The first-order chi connectivity index (χ1) is 6.65. The summed E-state index contributed by atoms with van der Waals surface area (Å²) in [6, 6.07) is 7.82. The molecule has 0 atom stereocenters. The molecule has 3 heteroatoms. The van der Waals surface area contributed by atoms with E-state index >= 15 is 0 Å². The average molecular weight is 302 g/mol. The SMILES string of the molecule is O=C(O)C1(c2ccc(I)cc2)CCC1. The number of rotatable bonds is 2. The molecule has 74 valence electrons.